The minimum Gasteiger partial charge on any atom is -0.488 e. The number of hydrogen-bond donors (Lipinski definition) is 1. The van der Waals surface area contributed by atoms with E-state index in [-0.39, 0.29) is 18.8 Å². The number of aliphatic hydroxyl groups is 1. The summed E-state index contributed by atoms with van der Waals surface area (Å²) in [6.45, 7) is 1.85. The molecule has 0 aromatic heterocycles. The van der Waals surface area contributed by atoms with Crippen molar-refractivity contribution in [3.8, 4) is 17.2 Å². The molecule has 1 amide bonds. The smallest absolute Gasteiger partial charge is 0.231 e. The Labute approximate surface area is 165 Å². The summed E-state index contributed by atoms with van der Waals surface area (Å²) in [6.07, 6.45) is 6.46. The monoisotopic (exact) mass is 387 g/mol. The molecule has 2 aliphatic carbocycles. The van der Waals surface area contributed by atoms with E-state index in [4.69, 9.17) is 14.2 Å². The zero-order valence-corrected chi connectivity index (χ0v) is 16.2. The second-order valence-corrected chi connectivity index (χ2v) is 8.81. The van der Waals surface area contributed by atoms with Crippen molar-refractivity contribution < 1.29 is 24.1 Å². The van der Waals surface area contributed by atoms with Crippen molar-refractivity contribution in [3.63, 3.8) is 0 Å². The summed E-state index contributed by atoms with van der Waals surface area (Å²) >= 11 is 0. The molecule has 2 saturated carbocycles. The molecule has 152 valence electrons. The first kappa shape index (κ1) is 18.1. The zero-order chi connectivity index (χ0) is 19.1. The van der Waals surface area contributed by atoms with E-state index < -0.39 is 6.10 Å². The molecule has 0 spiro atoms. The van der Waals surface area contributed by atoms with E-state index in [9.17, 15) is 9.90 Å². The number of nitrogens with zero attached hydrogens (tertiary/aromatic N) is 1. The van der Waals surface area contributed by atoms with Gasteiger partial charge in [0.1, 0.15) is 11.9 Å². The van der Waals surface area contributed by atoms with Crippen molar-refractivity contribution in [2.75, 3.05) is 19.9 Å². The molecule has 4 atom stereocenters. The van der Waals surface area contributed by atoms with E-state index in [1.807, 2.05) is 18.2 Å². The van der Waals surface area contributed by atoms with Crippen LogP contribution < -0.4 is 14.2 Å². The fraction of sp³-hybridized carbons (Fsp3) is 0.682. The predicted octanol–water partition coefficient (Wildman–Crippen LogP) is 2.97. The third-order valence-electron chi connectivity index (χ3n) is 6.98. The number of hydrogen-bond acceptors (Lipinski definition) is 5. The third kappa shape index (κ3) is 3.43. The highest BCUT2D eigenvalue weighted by atomic mass is 16.7. The summed E-state index contributed by atoms with van der Waals surface area (Å²) < 4.78 is 16.9. The average Bonchev–Trinajstić information content (AvgIpc) is 3.34. The van der Waals surface area contributed by atoms with E-state index in [0.717, 1.165) is 38.1 Å². The third-order valence-corrected chi connectivity index (χ3v) is 6.98. The van der Waals surface area contributed by atoms with Crippen molar-refractivity contribution in [1.82, 2.24) is 4.90 Å². The Balaban J connectivity index is 1.22. The summed E-state index contributed by atoms with van der Waals surface area (Å²) in [5, 5.41) is 10.7. The number of ether oxygens (including phenoxy) is 3. The maximum Gasteiger partial charge on any atom is 0.231 e. The Morgan fingerprint density at radius 2 is 1.79 bits per heavy atom. The van der Waals surface area contributed by atoms with Gasteiger partial charge in [0.05, 0.1) is 6.10 Å². The Hall–Kier alpha value is -1.95. The minimum absolute atomic E-state index is 0.222. The van der Waals surface area contributed by atoms with Crippen LogP contribution in [0.15, 0.2) is 18.2 Å². The molecule has 4 aliphatic rings. The lowest BCUT2D eigenvalue weighted by Gasteiger charge is -2.35. The molecule has 1 aromatic carbocycles. The molecule has 28 heavy (non-hydrogen) atoms. The molecule has 5 rings (SSSR count). The van der Waals surface area contributed by atoms with Gasteiger partial charge in [0.25, 0.3) is 0 Å². The summed E-state index contributed by atoms with van der Waals surface area (Å²) in [6, 6.07) is 5.53. The second kappa shape index (κ2) is 7.47. The lowest BCUT2D eigenvalue weighted by Crippen LogP contribution is -2.42. The number of benzene rings is 1. The van der Waals surface area contributed by atoms with E-state index in [2.05, 4.69) is 4.90 Å². The van der Waals surface area contributed by atoms with Crippen LogP contribution in [0.3, 0.4) is 0 Å². The van der Waals surface area contributed by atoms with Gasteiger partial charge in [-0.1, -0.05) is 19.3 Å². The van der Waals surface area contributed by atoms with Gasteiger partial charge in [0, 0.05) is 25.1 Å². The Morgan fingerprint density at radius 3 is 2.61 bits per heavy atom. The molecular weight excluding hydrogens is 358 g/mol. The van der Waals surface area contributed by atoms with Crippen LogP contribution in [0.2, 0.25) is 0 Å². The van der Waals surface area contributed by atoms with Gasteiger partial charge < -0.3 is 24.2 Å². The Kier molecular flexibility index (Phi) is 4.83. The zero-order valence-electron chi connectivity index (χ0n) is 16.2. The number of rotatable bonds is 3. The largest absolute Gasteiger partial charge is 0.488 e. The number of aliphatic hydroxyl groups excluding tert-OH is 1. The normalized spacial score (nSPS) is 32.2. The van der Waals surface area contributed by atoms with Gasteiger partial charge in [0.2, 0.25) is 12.7 Å². The van der Waals surface area contributed by atoms with Gasteiger partial charge in [-0.3, -0.25) is 4.79 Å². The highest BCUT2D eigenvalue weighted by Gasteiger charge is 2.44. The first-order chi connectivity index (χ1) is 13.7. The molecule has 1 aromatic rings. The molecule has 2 aliphatic heterocycles. The molecule has 3 fully saturated rings. The standard InChI is InChI=1S/C22H29NO5/c24-18-8-15-11-23(22(25)14-4-2-1-3-5-14)12-16(15)9-20(18)28-17-6-7-19-21(10-17)27-13-26-19/h6-7,10,14-16,18,20,24H,1-5,8-9,11-13H2/t15-,16+,18+,20+/m0/s1. The highest BCUT2D eigenvalue weighted by molar-refractivity contribution is 5.79. The number of carbonyl (C=O) groups is 1. The van der Waals surface area contributed by atoms with Gasteiger partial charge in [0.15, 0.2) is 11.5 Å². The van der Waals surface area contributed by atoms with Crippen molar-refractivity contribution >= 4 is 5.91 Å². The van der Waals surface area contributed by atoms with Crippen LogP contribution in [0.1, 0.15) is 44.9 Å². The lowest BCUT2D eigenvalue weighted by atomic mass is 9.78. The Bertz CT molecular complexity index is 732. The van der Waals surface area contributed by atoms with Crippen molar-refractivity contribution in [1.29, 1.82) is 0 Å². The minimum atomic E-state index is -0.503. The first-order valence-electron chi connectivity index (χ1n) is 10.7. The van der Waals surface area contributed by atoms with Gasteiger partial charge in [-0.25, -0.2) is 0 Å². The molecule has 6 heteroatoms. The van der Waals surface area contributed by atoms with Crippen molar-refractivity contribution in [2.24, 2.45) is 17.8 Å². The fourth-order valence-corrected chi connectivity index (χ4v) is 5.43. The summed E-state index contributed by atoms with van der Waals surface area (Å²) in [5.74, 6) is 3.47. The molecule has 0 unspecified atom stereocenters. The van der Waals surface area contributed by atoms with Crippen LogP contribution in [-0.4, -0.2) is 48.0 Å². The van der Waals surface area contributed by atoms with Crippen molar-refractivity contribution in [3.05, 3.63) is 18.2 Å². The highest BCUT2D eigenvalue weighted by Crippen LogP contribution is 2.41. The SMILES string of the molecule is O=C(C1CCCCC1)N1C[C@H]2C[C@@H](Oc3ccc4c(c3)OCO4)[C@H](O)C[C@H]2C1. The molecule has 0 bridgehead atoms. The molecular formula is C22H29NO5. The topological polar surface area (TPSA) is 68.2 Å². The van der Waals surface area contributed by atoms with Crippen LogP contribution in [0.25, 0.3) is 0 Å². The number of carbonyl (C=O) groups excluding carboxylic acids is 1. The van der Waals surface area contributed by atoms with Crippen LogP contribution in [-0.2, 0) is 4.79 Å². The summed E-state index contributed by atoms with van der Waals surface area (Å²) in [5.41, 5.74) is 0. The number of likely N-dealkylation sites (tertiary alicyclic amines) is 1. The van der Waals surface area contributed by atoms with Gasteiger partial charge in [-0.05, 0) is 49.7 Å². The molecule has 6 nitrogen and oxygen atoms in total. The van der Waals surface area contributed by atoms with Gasteiger partial charge >= 0.3 is 0 Å². The van der Waals surface area contributed by atoms with Crippen LogP contribution in [0, 0.1) is 17.8 Å². The van der Waals surface area contributed by atoms with Gasteiger partial charge in [-0.2, -0.15) is 0 Å². The average molecular weight is 387 g/mol. The molecule has 1 saturated heterocycles. The molecule has 1 N–H and O–H groups in total. The number of amides is 1. The van der Waals surface area contributed by atoms with E-state index in [1.54, 1.807) is 0 Å². The number of fused-ring (bicyclic) bond motifs is 2. The molecule has 2 heterocycles. The molecule has 0 radical (unpaired) electrons. The lowest BCUT2D eigenvalue weighted by molar-refractivity contribution is -0.135. The summed E-state index contributed by atoms with van der Waals surface area (Å²) in [4.78, 5) is 15.0. The maximum absolute atomic E-state index is 12.9. The van der Waals surface area contributed by atoms with E-state index >= 15 is 0 Å². The predicted molar refractivity (Wildman–Crippen MR) is 102 cm³/mol. The fourth-order valence-electron chi connectivity index (χ4n) is 5.43. The maximum atomic E-state index is 12.9. The van der Waals surface area contributed by atoms with Crippen molar-refractivity contribution in [2.45, 2.75) is 57.2 Å². The quantitative estimate of drug-likeness (QED) is 0.864. The second-order valence-electron chi connectivity index (χ2n) is 8.81. The van der Waals surface area contributed by atoms with E-state index in [1.165, 1.54) is 19.3 Å². The van der Waals surface area contributed by atoms with Gasteiger partial charge in [-0.15, -0.1) is 0 Å². The van der Waals surface area contributed by atoms with E-state index in [0.29, 0.717) is 35.7 Å². The Morgan fingerprint density at radius 1 is 1.04 bits per heavy atom. The van der Waals surface area contributed by atoms with Crippen LogP contribution >= 0.6 is 0 Å². The first-order valence-corrected chi connectivity index (χ1v) is 10.7. The summed E-state index contributed by atoms with van der Waals surface area (Å²) in [7, 11) is 0. The van der Waals surface area contributed by atoms with Crippen LogP contribution in [0.5, 0.6) is 17.2 Å². The van der Waals surface area contributed by atoms with Crippen LogP contribution in [0.4, 0.5) is 0 Å².